The molecular weight excluding hydrogens is 663 g/mol. The molecule has 238 valence electrons. The summed E-state index contributed by atoms with van der Waals surface area (Å²) in [5.74, 6) is -1.33. The molecule has 0 atom stereocenters. The molecule has 3 aromatic carbocycles. The SMILES string of the molecule is COC(=O)c1cccc2[nH]c(C(=O)Nc3ccc(N4CCOCC4=O)cc3)nc12.COC(=O)c1cccc2[nH]c(C(Cl)(Cl)Cl)nc12. The number of aromatic amines is 2. The number of carbonyl (C=O) groups excluding carboxylic acids is 4. The third kappa shape index (κ3) is 7.07. The van der Waals surface area contributed by atoms with Gasteiger partial charge in [-0.15, -0.1) is 0 Å². The van der Waals surface area contributed by atoms with Gasteiger partial charge in [-0.3, -0.25) is 9.59 Å². The van der Waals surface area contributed by atoms with Crippen LogP contribution >= 0.6 is 34.8 Å². The van der Waals surface area contributed by atoms with Crippen LogP contribution in [0.1, 0.15) is 37.2 Å². The third-order valence-electron chi connectivity index (χ3n) is 6.74. The number of aromatic nitrogens is 4. The Morgan fingerprint density at radius 3 is 2.02 bits per heavy atom. The van der Waals surface area contributed by atoms with E-state index < -0.39 is 21.6 Å². The van der Waals surface area contributed by atoms with Gasteiger partial charge in [0.15, 0.2) is 11.6 Å². The predicted octanol–water partition coefficient (Wildman–Crippen LogP) is 5.14. The topological polar surface area (TPSA) is 169 Å². The van der Waals surface area contributed by atoms with E-state index >= 15 is 0 Å². The summed E-state index contributed by atoms with van der Waals surface area (Å²) in [4.78, 5) is 63.6. The monoisotopic (exact) mass is 686 g/mol. The largest absolute Gasteiger partial charge is 0.465 e. The number of morpholine rings is 1. The minimum Gasteiger partial charge on any atom is -0.465 e. The molecular formula is C30H25Cl3N6O7. The molecule has 0 radical (unpaired) electrons. The zero-order chi connectivity index (χ0) is 33.0. The van der Waals surface area contributed by atoms with Gasteiger partial charge in [0.2, 0.25) is 3.79 Å². The fraction of sp³-hybridized carbons (Fsp3) is 0.200. The maximum Gasteiger partial charge on any atom is 0.340 e. The minimum atomic E-state index is -1.66. The highest BCUT2D eigenvalue weighted by atomic mass is 35.6. The molecule has 1 aliphatic rings. The van der Waals surface area contributed by atoms with Crippen LogP contribution in [0.2, 0.25) is 0 Å². The van der Waals surface area contributed by atoms with Crippen LogP contribution < -0.4 is 10.2 Å². The highest BCUT2D eigenvalue weighted by Crippen LogP contribution is 2.37. The number of benzene rings is 3. The van der Waals surface area contributed by atoms with Crippen LogP contribution in [0, 0.1) is 0 Å². The van der Waals surface area contributed by atoms with E-state index in [-0.39, 0.29) is 29.7 Å². The Hall–Kier alpha value is -4.69. The number of fused-ring (bicyclic) bond motifs is 2. The number of anilines is 2. The van der Waals surface area contributed by atoms with E-state index in [2.05, 4.69) is 30.0 Å². The van der Waals surface area contributed by atoms with Gasteiger partial charge >= 0.3 is 11.9 Å². The summed E-state index contributed by atoms with van der Waals surface area (Å²) in [7, 11) is 2.58. The number of halogens is 3. The number of nitrogens with one attached hydrogen (secondary N) is 3. The average molecular weight is 688 g/mol. The molecule has 5 aromatic rings. The van der Waals surface area contributed by atoms with Crippen molar-refractivity contribution in [1.29, 1.82) is 0 Å². The Balaban J connectivity index is 0.000000209. The Morgan fingerprint density at radius 2 is 1.46 bits per heavy atom. The van der Waals surface area contributed by atoms with Gasteiger partial charge in [0.1, 0.15) is 17.6 Å². The van der Waals surface area contributed by atoms with Crippen molar-refractivity contribution in [1.82, 2.24) is 19.9 Å². The smallest absolute Gasteiger partial charge is 0.340 e. The van der Waals surface area contributed by atoms with Gasteiger partial charge < -0.3 is 34.4 Å². The van der Waals surface area contributed by atoms with Crippen molar-refractivity contribution in [2.24, 2.45) is 0 Å². The minimum absolute atomic E-state index is 0.0676. The lowest BCUT2D eigenvalue weighted by Crippen LogP contribution is -2.41. The first kappa shape index (κ1) is 32.7. The molecule has 1 fully saturated rings. The average Bonchev–Trinajstić information content (AvgIpc) is 3.70. The molecule has 0 saturated carbocycles. The number of methoxy groups -OCH3 is 2. The fourth-order valence-electron chi connectivity index (χ4n) is 4.56. The number of amides is 2. The second kappa shape index (κ2) is 13.7. The number of carbonyl (C=O) groups is 4. The van der Waals surface area contributed by atoms with Crippen LogP contribution in [0.15, 0.2) is 60.7 Å². The van der Waals surface area contributed by atoms with E-state index in [0.29, 0.717) is 46.5 Å². The molecule has 1 aliphatic heterocycles. The summed E-state index contributed by atoms with van der Waals surface area (Å²) >= 11 is 17.2. The maximum absolute atomic E-state index is 12.6. The Morgan fingerprint density at radius 1 is 0.870 bits per heavy atom. The fourth-order valence-corrected chi connectivity index (χ4v) is 4.83. The molecule has 2 aromatic heterocycles. The Bertz CT molecular complexity index is 1940. The van der Waals surface area contributed by atoms with Gasteiger partial charge in [-0.25, -0.2) is 19.6 Å². The molecule has 0 aliphatic carbocycles. The van der Waals surface area contributed by atoms with E-state index in [1.807, 2.05) is 0 Å². The lowest BCUT2D eigenvalue weighted by Gasteiger charge is -2.26. The third-order valence-corrected chi connectivity index (χ3v) is 7.28. The summed E-state index contributed by atoms with van der Waals surface area (Å²) < 4.78 is 12.9. The number of ether oxygens (including phenoxy) is 3. The maximum atomic E-state index is 12.6. The van der Waals surface area contributed by atoms with Crippen LogP contribution in [0.25, 0.3) is 22.1 Å². The van der Waals surface area contributed by atoms with E-state index in [4.69, 9.17) is 44.3 Å². The van der Waals surface area contributed by atoms with Crippen LogP contribution in [0.3, 0.4) is 0 Å². The van der Waals surface area contributed by atoms with Gasteiger partial charge in [-0.2, -0.15) is 0 Å². The van der Waals surface area contributed by atoms with Gasteiger partial charge in [0.05, 0.1) is 43.0 Å². The molecule has 0 bridgehead atoms. The van der Waals surface area contributed by atoms with E-state index in [0.717, 1.165) is 5.69 Å². The number of esters is 2. The molecule has 3 heterocycles. The van der Waals surface area contributed by atoms with E-state index in [9.17, 15) is 19.2 Å². The van der Waals surface area contributed by atoms with Crippen molar-refractivity contribution in [3.63, 3.8) is 0 Å². The van der Waals surface area contributed by atoms with Gasteiger partial charge in [-0.05, 0) is 48.5 Å². The second-order valence-electron chi connectivity index (χ2n) is 9.65. The number of H-pyrrole nitrogens is 2. The molecule has 0 spiro atoms. The lowest BCUT2D eigenvalue weighted by atomic mass is 10.2. The van der Waals surface area contributed by atoms with E-state index in [1.54, 1.807) is 65.6 Å². The zero-order valence-electron chi connectivity index (χ0n) is 24.2. The zero-order valence-corrected chi connectivity index (χ0v) is 26.5. The second-order valence-corrected chi connectivity index (χ2v) is 11.9. The summed E-state index contributed by atoms with van der Waals surface area (Å²) in [6.07, 6.45) is 0. The van der Waals surface area contributed by atoms with Crippen LogP contribution in [-0.2, 0) is 22.8 Å². The quantitative estimate of drug-likeness (QED) is 0.167. The van der Waals surface area contributed by atoms with Gasteiger partial charge in [0.25, 0.3) is 11.8 Å². The first-order chi connectivity index (χ1) is 22.0. The first-order valence-electron chi connectivity index (χ1n) is 13.5. The number of hydrogen-bond acceptors (Lipinski definition) is 9. The highest BCUT2D eigenvalue weighted by molar-refractivity contribution is 6.66. The normalized spacial score (nSPS) is 13.2. The van der Waals surface area contributed by atoms with Crippen molar-refractivity contribution in [2.75, 3.05) is 44.2 Å². The Kier molecular flexibility index (Phi) is 9.77. The summed E-state index contributed by atoms with van der Waals surface area (Å²) in [6.45, 7) is 1.05. The molecule has 13 nitrogen and oxygen atoms in total. The molecule has 1 saturated heterocycles. The standard InChI is InChI=1S/C20H18N4O5.C10H7Cl3N2O2/c1-28-20(27)14-3-2-4-15-17(14)23-18(22-15)19(26)21-12-5-7-13(8-6-12)24-9-10-29-11-16(24)25;1-17-8(16)5-3-2-4-6-7(5)15-9(14-6)10(11,12)13/h2-8H,9-11H2,1H3,(H,21,26)(H,22,23);2-4H,1H3,(H,14,15). The number of imidazole rings is 2. The van der Waals surface area contributed by atoms with E-state index in [1.165, 1.54) is 14.2 Å². The molecule has 46 heavy (non-hydrogen) atoms. The first-order valence-corrected chi connectivity index (χ1v) is 14.6. The number of hydrogen-bond donors (Lipinski definition) is 3. The molecule has 3 N–H and O–H groups in total. The predicted molar refractivity (Wildman–Crippen MR) is 172 cm³/mol. The number of nitrogens with zero attached hydrogens (tertiary/aromatic N) is 3. The van der Waals surface area contributed by atoms with Crippen LogP contribution in [0.4, 0.5) is 11.4 Å². The van der Waals surface area contributed by atoms with Crippen LogP contribution in [0.5, 0.6) is 0 Å². The number of rotatable bonds is 5. The van der Waals surface area contributed by atoms with Crippen molar-refractivity contribution in [2.45, 2.75) is 3.79 Å². The Labute approximate surface area is 276 Å². The lowest BCUT2D eigenvalue weighted by molar-refractivity contribution is -0.125. The molecule has 6 rings (SSSR count). The van der Waals surface area contributed by atoms with Crippen LogP contribution in [-0.4, -0.2) is 77.7 Å². The molecule has 16 heteroatoms. The van der Waals surface area contributed by atoms with Crippen molar-refractivity contribution in [3.05, 3.63) is 83.4 Å². The number of para-hydroxylation sites is 2. The number of alkyl halides is 3. The summed E-state index contributed by atoms with van der Waals surface area (Å²) in [6, 6.07) is 16.9. The van der Waals surface area contributed by atoms with Crippen molar-refractivity contribution >= 4 is 92.0 Å². The summed E-state index contributed by atoms with van der Waals surface area (Å²) in [5.41, 5.74) is 3.83. The van der Waals surface area contributed by atoms with Gasteiger partial charge in [0, 0.05) is 17.9 Å². The summed E-state index contributed by atoms with van der Waals surface area (Å²) in [5, 5.41) is 2.75. The van der Waals surface area contributed by atoms with Gasteiger partial charge in [-0.1, -0.05) is 46.9 Å². The molecule has 2 amide bonds. The highest BCUT2D eigenvalue weighted by Gasteiger charge is 2.28. The van der Waals surface area contributed by atoms with Crippen molar-refractivity contribution < 1.29 is 33.4 Å². The molecule has 0 unspecified atom stereocenters. The van der Waals surface area contributed by atoms with Crippen molar-refractivity contribution in [3.8, 4) is 0 Å².